The quantitative estimate of drug-likeness (QED) is 0.800. The molecule has 0 atom stereocenters. The van der Waals surface area contributed by atoms with Crippen LogP contribution < -0.4 is 0 Å². The van der Waals surface area contributed by atoms with E-state index < -0.39 is 5.97 Å². The Bertz CT molecular complexity index is 564. The molecule has 0 spiro atoms. The topological polar surface area (TPSA) is 44.1 Å². The molecule has 5 heteroatoms. The van der Waals surface area contributed by atoms with Gasteiger partial charge in [-0.3, -0.25) is 0 Å². The zero-order chi connectivity index (χ0) is 13.1. The first kappa shape index (κ1) is 12.6. The first-order valence-corrected chi connectivity index (χ1v) is 5.95. The smallest absolute Gasteiger partial charge is 0.358 e. The second kappa shape index (κ2) is 5.23. The van der Waals surface area contributed by atoms with Crippen molar-refractivity contribution < 1.29 is 9.53 Å². The number of rotatable bonds is 3. The summed E-state index contributed by atoms with van der Waals surface area (Å²) in [5, 5.41) is 0.632. The van der Waals surface area contributed by atoms with Crippen LogP contribution in [0.5, 0.6) is 0 Å². The van der Waals surface area contributed by atoms with Crippen molar-refractivity contribution in [3.8, 4) is 5.69 Å². The van der Waals surface area contributed by atoms with E-state index in [0.29, 0.717) is 5.02 Å². The number of carbonyl (C=O) groups excluding carboxylic acids is 1. The highest BCUT2D eigenvalue weighted by Crippen LogP contribution is 2.15. The largest absolute Gasteiger partial charge is 0.458 e. The summed E-state index contributed by atoms with van der Waals surface area (Å²) >= 11 is 5.91. The van der Waals surface area contributed by atoms with E-state index >= 15 is 0 Å². The zero-order valence-electron chi connectivity index (χ0n) is 10.1. The maximum Gasteiger partial charge on any atom is 0.358 e. The fraction of sp³-hybridized carbons (Fsp3) is 0.231. The van der Waals surface area contributed by atoms with Crippen LogP contribution in [0.15, 0.2) is 36.8 Å². The lowest BCUT2D eigenvalue weighted by Gasteiger charge is -2.05. The summed E-state index contributed by atoms with van der Waals surface area (Å²) in [6, 6.07) is 7.30. The van der Waals surface area contributed by atoms with Gasteiger partial charge in [0.1, 0.15) is 6.33 Å². The molecular weight excluding hydrogens is 252 g/mol. The van der Waals surface area contributed by atoms with E-state index in [-0.39, 0.29) is 11.8 Å². The van der Waals surface area contributed by atoms with Gasteiger partial charge < -0.3 is 9.30 Å². The molecular formula is C13H13ClN2O2. The third-order valence-corrected chi connectivity index (χ3v) is 2.48. The fourth-order valence-electron chi connectivity index (χ4n) is 1.48. The molecule has 18 heavy (non-hydrogen) atoms. The molecule has 0 bridgehead atoms. The number of imidazole rings is 1. The van der Waals surface area contributed by atoms with Gasteiger partial charge in [-0.2, -0.15) is 0 Å². The van der Waals surface area contributed by atoms with Crippen LogP contribution in [0.3, 0.4) is 0 Å². The number of benzene rings is 1. The average molecular weight is 265 g/mol. The van der Waals surface area contributed by atoms with Crippen LogP contribution in [-0.4, -0.2) is 21.6 Å². The van der Waals surface area contributed by atoms with Crippen molar-refractivity contribution in [2.45, 2.75) is 20.0 Å². The Balaban J connectivity index is 2.23. The molecule has 0 fully saturated rings. The van der Waals surface area contributed by atoms with Crippen LogP contribution >= 0.6 is 11.6 Å². The number of halogens is 1. The predicted octanol–water partition coefficient (Wildman–Crippen LogP) is 3.09. The van der Waals surface area contributed by atoms with Crippen LogP contribution in [0.1, 0.15) is 24.3 Å². The molecule has 0 amide bonds. The number of hydrogen-bond acceptors (Lipinski definition) is 3. The predicted molar refractivity (Wildman–Crippen MR) is 69.1 cm³/mol. The molecule has 0 saturated heterocycles. The van der Waals surface area contributed by atoms with Crippen molar-refractivity contribution in [2.75, 3.05) is 0 Å². The SMILES string of the molecule is CC(C)OC(=O)c1cn(-c2cccc(Cl)c2)cn1. The van der Waals surface area contributed by atoms with Crippen LogP contribution in [0.4, 0.5) is 0 Å². The summed E-state index contributed by atoms with van der Waals surface area (Å²) < 4.78 is 6.79. The summed E-state index contributed by atoms with van der Waals surface area (Å²) in [4.78, 5) is 15.7. The highest BCUT2D eigenvalue weighted by molar-refractivity contribution is 6.30. The number of carbonyl (C=O) groups is 1. The van der Waals surface area contributed by atoms with Crippen LogP contribution in [0.25, 0.3) is 5.69 Å². The van der Waals surface area contributed by atoms with Gasteiger partial charge >= 0.3 is 5.97 Å². The Morgan fingerprint density at radius 3 is 2.89 bits per heavy atom. The number of nitrogens with zero attached hydrogens (tertiary/aromatic N) is 2. The number of hydrogen-bond donors (Lipinski definition) is 0. The molecule has 0 aliphatic carbocycles. The molecule has 0 unspecified atom stereocenters. The summed E-state index contributed by atoms with van der Waals surface area (Å²) in [6.45, 7) is 3.59. The van der Waals surface area contributed by atoms with Gasteiger partial charge in [-0.25, -0.2) is 9.78 Å². The lowest BCUT2D eigenvalue weighted by Crippen LogP contribution is -2.11. The van der Waals surface area contributed by atoms with Gasteiger partial charge in [-0.1, -0.05) is 17.7 Å². The van der Waals surface area contributed by atoms with Crippen LogP contribution in [-0.2, 0) is 4.74 Å². The lowest BCUT2D eigenvalue weighted by atomic mass is 10.3. The number of ether oxygens (including phenoxy) is 1. The Kier molecular flexibility index (Phi) is 3.67. The minimum atomic E-state index is -0.425. The third-order valence-electron chi connectivity index (χ3n) is 2.24. The first-order chi connectivity index (χ1) is 8.56. The Morgan fingerprint density at radius 2 is 2.22 bits per heavy atom. The Labute approximate surface area is 110 Å². The molecule has 0 N–H and O–H groups in total. The maximum absolute atomic E-state index is 11.6. The standard InChI is InChI=1S/C13H13ClN2O2/c1-9(2)18-13(17)12-7-16(8-15-12)11-5-3-4-10(14)6-11/h3-9H,1-2H3. The van der Waals surface area contributed by atoms with Gasteiger partial charge in [0, 0.05) is 16.9 Å². The summed E-state index contributed by atoms with van der Waals surface area (Å²) in [5.74, 6) is -0.425. The monoisotopic (exact) mass is 264 g/mol. The van der Waals surface area contributed by atoms with Crippen LogP contribution in [0, 0.1) is 0 Å². The van der Waals surface area contributed by atoms with Crippen molar-refractivity contribution in [1.82, 2.24) is 9.55 Å². The van der Waals surface area contributed by atoms with E-state index in [1.807, 2.05) is 12.1 Å². The molecule has 4 nitrogen and oxygen atoms in total. The molecule has 0 aliphatic rings. The molecule has 1 aromatic heterocycles. The zero-order valence-corrected chi connectivity index (χ0v) is 10.9. The molecule has 0 radical (unpaired) electrons. The van der Waals surface area contributed by atoms with Gasteiger partial charge in [0.2, 0.25) is 0 Å². The molecule has 2 aromatic rings. The molecule has 0 aliphatic heterocycles. The van der Waals surface area contributed by atoms with Crippen molar-refractivity contribution in [2.24, 2.45) is 0 Å². The average Bonchev–Trinajstić information content (AvgIpc) is 2.77. The second-order valence-corrected chi connectivity index (χ2v) is 4.54. The number of aromatic nitrogens is 2. The number of esters is 1. The highest BCUT2D eigenvalue weighted by atomic mass is 35.5. The van der Waals surface area contributed by atoms with E-state index in [4.69, 9.17) is 16.3 Å². The van der Waals surface area contributed by atoms with Gasteiger partial charge in [0.25, 0.3) is 0 Å². The minimum Gasteiger partial charge on any atom is -0.458 e. The summed E-state index contributed by atoms with van der Waals surface area (Å²) in [7, 11) is 0. The van der Waals surface area contributed by atoms with Gasteiger partial charge in [-0.05, 0) is 32.0 Å². The van der Waals surface area contributed by atoms with Crippen molar-refractivity contribution in [1.29, 1.82) is 0 Å². The summed E-state index contributed by atoms with van der Waals surface area (Å²) in [6.07, 6.45) is 3.02. The van der Waals surface area contributed by atoms with Gasteiger partial charge in [0.05, 0.1) is 6.10 Å². The molecule has 0 saturated carbocycles. The van der Waals surface area contributed by atoms with Crippen molar-refractivity contribution in [3.63, 3.8) is 0 Å². The molecule has 1 heterocycles. The van der Waals surface area contributed by atoms with E-state index in [1.54, 1.807) is 43.1 Å². The van der Waals surface area contributed by atoms with Crippen molar-refractivity contribution in [3.05, 3.63) is 47.5 Å². The normalized spacial score (nSPS) is 10.7. The van der Waals surface area contributed by atoms with Crippen LogP contribution in [0.2, 0.25) is 5.02 Å². The Morgan fingerprint density at radius 1 is 1.44 bits per heavy atom. The molecule has 94 valence electrons. The van der Waals surface area contributed by atoms with E-state index in [0.717, 1.165) is 5.69 Å². The minimum absolute atomic E-state index is 0.159. The van der Waals surface area contributed by atoms with E-state index in [2.05, 4.69) is 4.98 Å². The third kappa shape index (κ3) is 2.90. The van der Waals surface area contributed by atoms with E-state index in [1.165, 1.54) is 0 Å². The van der Waals surface area contributed by atoms with Gasteiger partial charge in [-0.15, -0.1) is 0 Å². The van der Waals surface area contributed by atoms with Crippen molar-refractivity contribution >= 4 is 17.6 Å². The fourth-order valence-corrected chi connectivity index (χ4v) is 1.67. The highest BCUT2D eigenvalue weighted by Gasteiger charge is 2.12. The van der Waals surface area contributed by atoms with E-state index in [9.17, 15) is 4.79 Å². The summed E-state index contributed by atoms with van der Waals surface area (Å²) in [5.41, 5.74) is 1.13. The Hall–Kier alpha value is -1.81. The second-order valence-electron chi connectivity index (χ2n) is 4.10. The molecule has 2 rings (SSSR count). The lowest BCUT2D eigenvalue weighted by molar-refractivity contribution is 0.0371. The molecule has 1 aromatic carbocycles. The first-order valence-electron chi connectivity index (χ1n) is 5.57. The van der Waals surface area contributed by atoms with Gasteiger partial charge in [0.15, 0.2) is 5.69 Å². The maximum atomic E-state index is 11.6.